The van der Waals surface area contributed by atoms with E-state index in [0.717, 1.165) is 25.7 Å². The molecule has 8 aromatic carbocycles. The molecule has 8 aromatic rings. The van der Waals surface area contributed by atoms with Crippen LogP contribution in [0.25, 0.3) is 11.1 Å². The van der Waals surface area contributed by atoms with Crippen molar-refractivity contribution in [1.29, 1.82) is 0 Å². The molecule has 4 heteroatoms. The van der Waals surface area contributed by atoms with Crippen LogP contribution < -0.4 is 31.1 Å². The summed E-state index contributed by atoms with van der Waals surface area (Å²) < 4.78 is 0. The van der Waals surface area contributed by atoms with Gasteiger partial charge in [0.05, 0.1) is 16.8 Å². The van der Waals surface area contributed by atoms with Gasteiger partial charge in [0.2, 0.25) is 0 Å². The summed E-state index contributed by atoms with van der Waals surface area (Å²) in [6.07, 6.45) is 6.80. The Balaban J connectivity index is 1.15. The lowest BCUT2D eigenvalue weighted by molar-refractivity contribution is 0.215. The second kappa shape index (κ2) is 15.2. The fourth-order valence-corrected chi connectivity index (χ4v) is 15.9. The Morgan fingerprint density at radius 1 is 0.479 bits per heavy atom. The fraction of sp³-hybridized carbons (Fsp3) is 0.304. The molecular weight excluding hydrogens is 882 g/mol. The maximum atomic E-state index is 2.94. The smallest absolute Gasteiger partial charge is 0.252 e. The van der Waals surface area contributed by atoms with E-state index in [1.54, 1.807) is 0 Å². The van der Waals surface area contributed by atoms with Gasteiger partial charge in [-0.1, -0.05) is 201 Å². The van der Waals surface area contributed by atoms with Crippen molar-refractivity contribution < 1.29 is 0 Å². The van der Waals surface area contributed by atoms with Crippen molar-refractivity contribution in [3.8, 4) is 11.1 Å². The lowest BCUT2D eigenvalue weighted by Gasteiger charge is -2.55. The normalized spacial score (nSPS) is 24.0. The van der Waals surface area contributed by atoms with E-state index in [9.17, 15) is 0 Å². The van der Waals surface area contributed by atoms with E-state index < -0.39 is 0 Å². The average Bonchev–Trinajstić information content (AvgIpc) is 3.80. The van der Waals surface area contributed by atoms with Crippen molar-refractivity contribution in [2.75, 3.05) is 14.7 Å². The zero-order valence-electron chi connectivity index (χ0n) is 44.4. The van der Waals surface area contributed by atoms with E-state index in [1.165, 1.54) is 119 Å². The predicted molar refractivity (Wildman–Crippen MR) is 309 cm³/mol. The van der Waals surface area contributed by atoms with Crippen molar-refractivity contribution in [2.45, 2.75) is 134 Å². The topological polar surface area (TPSA) is 9.72 Å². The number of nitrogens with zero attached hydrogens (tertiary/aromatic N) is 3. The molecular formula is C69H68BN3. The first kappa shape index (κ1) is 44.9. The van der Waals surface area contributed by atoms with Gasteiger partial charge in [0.1, 0.15) is 0 Å². The third-order valence-electron chi connectivity index (χ3n) is 19.7. The number of anilines is 7. The van der Waals surface area contributed by atoms with Crippen LogP contribution in [0.3, 0.4) is 0 Å². The number of hydrogen-bond acceptors (Lipinski definition) is 3. The highest BCUT2D eigenvalue weighted by molar-refractivity contribution is 7.00. The van der Waals surface area contributed by atoms with Crippen LogP contribution in [0.4, 0.5) is 39.8 Å². The lowest BCUT2D eigenvalue weighted by atomic mass is 9.33. The van der Waals surface area contributed by atoms with Gasteiger partial charge in [-0.15, -0.1) is 0 Å². The summed E-state index contributed by atoms with van der Waals surface area (Å²) in [4.78, 5) is 8.49. The highest BCUT2D eigenvalue weighted by Crippen LogP contribution is 2.67. The van der Waals surface area contributed by atoms with Crippen molar-refractivity contribution in [3.05, 3.63) is 215 Å². The molecule has 2 aliphatic carbocycles. The molecule has 3 nitrogen and oxygen atoms in total. The third kappa shape index (κ3) is 5.79. The van der Waals surface area contributed by atoms with Gasteiger partial charge < -0.3 is 14.7 Å². The summed E-state index contributed by atoms with van der Waals surface area (Å²) >= 11 is 0. The summed E-state index contributed by atoms with van der Waals surface area (Å²) in [5.41, 5.74) is 24.9. The maximum Gasteiger partial charge on any atom is 0.252 e. The second-order valence-corrected chi connectivity index (χ2v) is 25.3. The van der Waals surface area contributed by atoms with E-state index >= 15 is 0 Å². The van der Waals surface area contributed by atoms with Crippen LogP contribution >= 0.6 is 0 Å². The van der Waals surface area contributed by atoms with Crippen LogP contribution in [-0.2, 0) is 33.6 Å². The Kier molecular flexibility index (Phi) is 9.32. The van der Waals surface area contributed by atoms with Gasteiger partial charge in [-0.05, 0) is 148 Å². The summed E-state index contributed by atoms with van der Waals surface area (Å²) in [5.74, 6) is 0. The van der Waals surface area contributed by atoms with E-state index in [2.05, 4.69) is 253 Å². The van der Waals surface area contributed by atoms with Crippen LogP contribution in [0.1, 0.15) is 133 Å². The molecule has 4 atom stereocenters. The Morgan fingerprint density at radius 2 is 1.12 bits per heavy atom. The molecule has 1 saturated carbocycles. The molecule has 0 saturated heterocycles. The molecule has 0 aromatic heterocycles. The van der Waals surface area contributed by atoms with E-state index in [4.69, 9.17) is 0 Å². The molecule has 73 heavy (non-hydrogen) atoms. The highest BCUT2D eigenvalue weighted by Gasteiger charge is 2.65. The van der Waals surface area contributed by atoms with Gasteiger partial charge in [0.15, 0.2) is 0 Å². The quantitative estimate of drug-likeness (QED) is 0.163. The van der Waals surface area contributed by atoms with Crippen LogP contribution in [0.15, 0.2) is 176 Å². The van der Waals surface area contributed by atoms with Gasteiger partial charge in [-0.25, -0.2) is 0 Å². The Labute approximate surface area is 435 Å². The van der Waals surface area contributed by atoms with Gasteiger partial charge in [-0.3, -0.25) is 0 Å². The molecule has 0 spiro atoms. The molecule has 14 rings (SSSR count). The number of benzene rings is 8. The monoisotopic (exact) mass is 950 g/mol. The van der Waals surface area contributed by atoms with Crippen LogP contribution in [0.2, 0.25) is 0 Å². The Hall–Kier alpha value is -6.78. The highest BCUT2D eigenvalue weighted by atomic mass is 15.3. The predicted octanol–water partition coefficient (Wildman–Crippen LogP) is 15.6. The van der Waals surface area contributed by atoms with E-state index in [0.29, 0.717) is 0 Å². The molecule has 362 valence electrons. The average molecular weight is 950 g/mol. The Bertz CT molecular complexity index is 3580. The zero-order valence-corrected chi connectivity index (χ0v) is 44.4. The summed E-state index contributed by atoms with van der Waals surface area (Å²) in [7, 11) is 0. The van der Waals surface area contributed by atoms with E-state index in [-0.39, 0.29) is 39.5 Å². The zero-order chi connectivity index (χ0) is 50.0. The standard InChI is InChI=1S/C69H68BN3/c1-64(2,3)48-34-36-57(51(41-48)45-23-12-10-13-24-45)71-59-42-49(65(4,5)6)33-35-55(59)70-56-31-22-30-54-63(56)73(67(8)38-20-21-39-69(54,67)47-26-14-11-15-27-47)61-44-50(43-60(71)62(61)70)72-58-32-19-18-29-53(58)66(7)40-37-46-25-16-17-28-52(46)68(66,72)9/h10-19,22-36,41-44H,20-21,37-40H2,1-9H3. The molecule has 0 N–H and O–H groups in total. The largest absolute Gasteiger partial charge is 0.335 e. The fourth-order valence-electron chi connectivity index (χ4n) is 15.9. The van der Waals surface area contributed by atoms with Crippen molar-refractivity contribution in [3.63, 3.8) is 0 Å². The van der Waals surface area contributed by atoms with Crippen LogP contribution in [0.5, 0.6) is 0 Å². The van der Waals surface area contributed by atoms with Gasteiger partial charge >= 0.3 is 0 Å². The summed E-state index contributed by atoms with van der Waals surface area (Å²) in [5, 5.41) is 0. The maximum absolute atomic E-state index is 2.94. The van der Waals surface area contributed by atoms with Crippen molar-refractivity contribution >= 4 is 62.9 Å². The Morgan fingerprint density at radius 3 is 1.89 bits per heavy atom. The van der Waals surface area contributed by atoms with E-state index in [1.807, 2.05) is 0 Å². The molecule has 4 heterocycles. The molecule has 0 amide bonds. The molecule has 4 aliphatic heterocycles. The number of para-hydroxylation sites is 2. The first-order chi connectivity index (χ1) is 35.1. The van der Waals surface area contributed by atoms with Crippen molar-refractivity contribution in [2.24, 2.45) is 0 Å². The number of rotatable bonds is 4. The molecule has 4 unspecified atom stereocenters. The summed E-state index contributed by atoms with van der Waals surface area (Å²) in [6.45, 7) is 22.0. The third-order valence-corrected chi connectivity index (χ3v) is 19.7. The minimum atomic E-state index is -0.364. The van der Waals surface area contributed by atoms with Gasteiger partial charge in [0.25, 0.3) is 6.71 Å². The first-order valence-electron chi connectivity index (χ1n) is 27.4. The van der Waals surface area contributed by atoms with Gasteiger partial charge in [-0.2, -0.15) is 0 Å². The molecule has 1 fully saturated rings. The molecule has 6 aliphatic rings. The minimum absolute atomic E-state index is 0.0261. The lowest BCUT2D eigenvalue weighted by Crippen LogP contribution is -2.65. The van der Waals surface area contributed by atoms with Crippen LogP contribution in [0, 0.1) is 0 Å². The van der Waals surface area contributed by atoms with Crippen molar-refractivity contribution in [1.82, 2.24) is 0 Å². The second-order valence-electron chi connectivity index (χ2n) is 25.3. The number of fused-ring (bicyclic) bond motifs is 12. The summed E-state index contributed by atoms with van der Waals surface area (Å²) in [6, 6.07) is 69.4. The van der Waals surface area contributed by atoms with Crippen LogP contribution in [-0.4, -0.2) is 12.3 Å². The number of aryl methyl sites for hydroxylation is 1. The minimum Gasteiger partial charge on any atom is -0.335 e. The van der Waals surface area contributed by atoms with Gasteiger partial charge in [0, 0.05) is 50.5 Å². The first-order valence-corrected chi connectivity index (χ1v) is 27.4. The SMILES string of the molecule is CC(C)(C)c1ccc(N2c3cc(C(C)(C)C)ccc3B3c4cccc5c4N(c4cc(N6c7ccccc7C7(C)CCc8ccccc8C67C)cc2c43)C2(C)CCCCC52c2ccccc2)c(-c2ccccc2)c1. The number of hydrogen-bond donors (Lipinski definition) is 0. The molecule has 0 bridgehead atoms. The molecule has 0 radical (unpaired) electrons.